The Hall–Kier alpha value is -2.16. The molecule has 0 spiro atoms. The smallest absolute Gasteiger partial charge is 0.0631 e. The first-order chi connectivity index (χ1) is 9.92. The summed E-state index contributed by atoms with van der Waals surface area (Å²) < 4.78 is 0. The van der Waals surface area contributed by atoms with Crippen molar-refractivity contribution >= 4 is 17.6 Å². The van der Waals surface area contributed by atoms with Crippen molar-refractivity contribution in [2.24, 2.45) is 4.99 Å². The first-order valence-corrected chi connectivity index (χ1v) is 7.21. The maximum absolute atomic E-state index is 4.49. The number of nitrogens with zero attached hydrogens (tertiary/aromatic N) is 3. The van der Waals surface area contributed by atoms with Gasteiger partial charge in [-0.15, -0.1) is 0 Å². The van der Waals surface area contributed by atoms with E-state index in [0.717, 1.165) is 11.3 Å². The molecule has 1 aromatic heterocycles. The maximum Gasteiger partial charge on any atom is 0.0631 e. The summed E-state index contributed by atoms with van der Waals surface area (Å²) in [7, 11) is 0. The summed E-state index contributed by atoms with van der Waals surface area (Å²) in [6.45, 7) is 2.36. The average molecular weight is 265 g/mol. The first-order valence-electron chi connectivity index (χ1n) is 7.21. The van der Waals surface area contributed by atoms with Crippen LogP contribution in [0.1, 0.15) is 24.8 Å². The molecule has 1 fully saturated rings. The second kappa shape index (κ2) is 6.33. The number of benzene rings is 1. The van der Waals surface area contributed by atoms with E-state index in [-0.39, 0.29) is 0 Å². The highest BCUT2D eigenvalue weighted by Crippen LogP contribution is 2.22. The third kappa shape index (κ3) is 3.23. The Labute approximate surface area is 120 Å². The predicted molar refractivity (Wildman–Crippen MR) is 84.0 cm³/mol. The van der Waals surface area contributed by atoms with Gasteiger partial charge in [0.1, 0.15) is 0 Å². The summed E-state index contributed by atoms with van der Waals surface area (Å²) in [4.78, 5) is 10.9. The van der Waals surface area contributed by atoms with Gasteiger partial charge >= 0.3 is 0 Å². The van der Waals surface area contributed by atoms with Gasteiger partial charge in [0, 0.05) is 37.4 Å². The van der Waals surface area contributed by atoms with E-state index in [0.29, 0.717) is 0 Å². The molecular formula is C17H19N3. The quantitative estimate of drug-likeness (QED) is 0.789. The lowest BCUT2D eigenvalue weighted by Gasteiger charge is -2.28. The Morgan fingerprint density at radius 3 is 2.30 bits per heavy atom. The Morgan fingerprint density at radius 1 is 0.900 bits per heavy atom. The van der Waals surface area contributed by atoms with Crippen LogP contribution in [0.2, 0.25) is 0 Å². The van der Waals surface area contributed by atoms with Gasteiger partial charge in [-0.1, -0.05) is 0 Å². The minimum absolute atomic E-state index is 0.988. The zero-order valence-electron chi connectivity index (χ0n) is 11.6. The van der Waals surface area contributed by atoms with Gasteiger partial charge in [0.15, 0.2) is 0 Å². The van der Waals surface area contributed by atoms with Gasteiger partial charge in [0.25, 0.3) is 0 Å². The minimum Gasteiger partial charge on any atom is -0.372 e. The van der Waals surface area contributed by atoms with Crippen LogP contribution in [-0.2, 0) is 0 Å². The molecule has 0 radical (unpaired) electrons. The molecule has 0 amide bonds. The highest BCUT2D eigenvalue weighted by atomic mass is 15.1. The predicted octanol–water partition coefficient (Wildman–Crippen LogP) is 3.82. The number of hydrogen-bond acceptors (Lipinski definition) is 3. The zero-order valence-corrected chi connectivity index (χ0v) is 11.6. The Balaban J connectivity index is 1.68. The molecule has 3 rings (SSSR count). The molecule has 102 valence electrons. The molecule has 0 aliphatic carbocycles. The van der Waals surface area contributed by atoms with E-state index >= 15 is 0 Å². The molecule has 3 heteroatoms. The maximum atomic E-state index is 4.49. The molecule has 1 saturated heterocycles. The van der Waals surface area contributed by atoms with E-state index < -0.39 is 0 Å². The third-order valence-corrected chi connectivity index (χ3v) is 3.64. The molecule has 1 aromatic carbocycles. The SMILES string of the molecule is C(=Nc1ccc(N2CCCCC2)cc1)c1ccncc1. The lowest BCUT2D eigenvalue weighted by Crippen LogP contribution is -2.29. The Bertz CT molecular complexity index is 555. The van der Waals surface area contributed by atoms with Crippen LogP contribution < -0.4 is 4.90 Å². The van der Waals surface area contributed by atoms with E-state index in [1.54, 1.807) is 12.4 Å². The summed E-state index contributed by atoms with van der Waals surface area (Å²) in [6.07, 6.45) is 9.41. The largest absolute Gasteiger partial charge is 0.372 e. The lowest BCUT2D eigenvalue weighted by molar-refractivity contribution is 0.578. The summed E-state index contributed by atoms with van der Waals surface area (Å²) >= 11 is 0. The second-order valence-electron chi connectivity index (χ2n) is 5.10. The Kier molecular flexibility index (Phi) is 4.07. The van der Waals surface area contributed by atoms with Gasteiger partial charge in [-0.25, -0.2) is 0 Å². The highest BCUT2D eigenvalue weighted by molar-refractivity contribution is 5.81. The number of piperidine rings is 1. The molecule has 20 heavy (non-hydrogen) atoms. The second-order valence-corrected chi connectivity index (χ2v) is 5.10. The Morgan fingerprint density at radius 2 is 1.60 bits per heavy atom. The van der Waals surface area contributed by atoms with Crippen molar-refractivity contribution in [2.75, 3.05) is 18.0 Å². The van der Waals surface area contributed by atoms with Crippen LogP contribution >= 0.6 is 0 Å². The normalized spacial score (nSPS) is 15.7. The first kappa shape index (κ1) is 12.9. The molecule has 0 N–H and O–H groups in total. The van der Waals surface area contributed by atoms with Crippen molar-refractivity contribution in [3.8, 4) is 0 Å². The van der Waals surface area contributed by atoms with Gasteiger partial charge in [-0.2, -0.15) is 0 Å². The number of pyridine rings is 1. The number of anilines is 1. The molecule has 2 aromatic rings. The van der Waals surface area contributed by atoms with Crippen LogP contribution in [0.5, 0.6) is 0 Å². The zero-order chi connectivity index (χ0) is 13.6. The monoisotopic (exact) mass is 265 g/mol. The number of hydrogen-bond donors (Lipinski definition) is 0. The van der Waals surface area contributed by atoms with Crippen molar-refractivity contribution in [3.05, 3.63) is 54.4 Å². The summed E-state index contributed by atoms with van der Waals surface area (Å²) in [5, 5.41) is 0. The van der Waals surface area contributed by atoms with Crippen molar-refractivity contribution in [1.29, 1.82) is 0 Å². The topological polar surface area (TPSA) is 28.5 Å². The van der Waals surface area contributed by atoms with Crippen molar-refractivity contribution in [3.63, 3.8) is 0 Å². The van der Waals surface area contributed by atoms with Crippen LogP contribution in [0.15, 0.2) is 53.8 Å². The molecule has 2 heterocycles. The fraction of sp³-hybridized carbons (Fsp3) is 0.294. The van der Waals surface area contributed by atoms with Gasteiger partial charge in [0.05, 0.1) is 5.69 Å². The van der Waals surface area contributed by atoms with E-state index in [1.165, 1.54) is 38.0 Å². The fourth-order valence-electron chi connectivity index (χ4n) is 2.50. The molecule has 1 aliphatic heterocycles. The number of aromatic nitrogens is 1. The molecule has 0 bridgehead atoms. The van der Waals surface area contributed by atoms with E-state index in [9.17, 15) is 0 Å². The van der Waals surface area contributed by atoms with Crippen LogP contribution in [0.3, 0.4) is 0 Å². The molecule has 0 saturated carbocycles. The lowest BCUT2D eigenvalue weighted by atomic mass is 10.1. The van der Waals surface area contributed by atoms with Crippen LogP contribution in [0.25, 0.3) is 0 Å². The molecule has 3 nitrogen and oxygen atoms in total. The summed E-state index contributed by atoms with van der Waals surface area (Å²) in [5.41, 5.74) is 3.37. The van der Waals surface area contributed by atoms with Crippen LogP contribution in [-0.4, -0.2) is 24.3 Å². The summed E-state index contributed by atoms with van der Waals surface area (Å²) in [6, 6.07) is 12.4. The van der Waals surface area contributed by atoms with Gasteiger partial charge < -0.3 is 4.90 Å². The fourth-order valence-corrected chi connectivity index (χ4v) is 2.50. The minimum atomic E-state index is 0.988. The third-order valence-electron chi connectivity index (χ3n) is 3.64. The summed E-state index contributed by atoms with van der Waals surface area (Å²) in [5.74, 6) is 0. The molecular weight excluding hydrogens is 246 g/mol. The van der Waals surface area contributed by atoms with Gasteiger partial charge in [-0.05, 0) is 61.2 Å². The molecule has 0 unspecified atom stereocenters. The van der Waals surface area contributed by atoms with Gasteiger partial charge in [0.2, 0.25) is 0 Å². The number of aliphatic imine (C=N–C) groups is 1. The van der Waals surface area contributed by atoms with Crippen molar-refractivity contribution in [2.45, 2.75) is 19.3 Å². The van der Waals surface area contributed by atoms with E-state index in [4.69, 9.17) is 0 Å². The van der Waals surface area contributed by atoms with Gasteiger partial charge in [-0.3, -0.25) is 9.98 Å². The van der Waals surface area contributed by atoms with Crippen LogP contribution in [0.4, 0.5) is 11.4 Å². The van der Waals surface area contributed by atoms with Crippen LogP contribution in [0, 0.1) is 0 Å². The van der Waals surface area contributed by atoms with E-state index in [1.807, 2.05) is 18.3 Å². The van der Waals surface area contributed by atoms with Crippen molar-refractivity contribution in [1.82, 2.24) is 4.98 Å². The molecule has 0 atom stereocenters. The van der Waals surface area contributed by atoms with Crippen molar-refractivity contribution < 1.29 is 0 Å². The molecule has 1 aliphatic rings. The number of rotatable bonds is 3. The average Bonchev–Trinajstić information content (AvgIpc) is 2.55. The van der Waals surface area contributed by atoms with E-state index in [2.05, 4.69) is 39.1 Å². The highest BCUT2D eigenvalue weighted by Gasteiger charge is 2.10. The standard InChI is InChI=1S/C17H19N3/c1-2-12-20(13-3-1)17-6-4-16(5-7-17)19-14-15-8-10-18-11-9-15/h4-11,14H,1-3,12-13H2.